The molecule has 2 aromatic heterocycles. The second-order valence-electron chi connectivity index (χ2n) is 8.36. The lowest BCUT2D eigenvalue weighted by Gasteiger charge is -2.42. The van der Waals surface area contributed by atoms with Crippen LogP contribution in [0.25, 0.3) is 22.0 Å². The Morgan fingerprint density at radius 3 is 2.34 bits per heavy atom. The molecule has 1 fully saturated rings. The molecule has 0 aliphatic carbocycles. The second-order valence-corrected chi connectivity index (χ2v) is 9.63. The lowest BCUT2D eigenvalue weighted by molar-refractivity contribution is -0.305. The first kappa shape index (κ1) is 28.4. The fourth-order valence-corrected chi connectivity index (χ4v) is 5.21. The third-order valence-corrected chi connectivity index (χ3v) is 7.13. The van der Waals surface area contributed by atoms with Crippen LogP contribution in [0.2, 0.25) is 5.02 Å². The largest absolute Gasteiger partial charge is 0.417 e. The number of rotatable bonds is 8. The lowest BCUT2D eigenvalue weighted by atomic mass is 9.99. The fourth-order valence-electron chi connectivity index (χ4n) is 4.06. The molecular formula is C25H25ClF3N3O5S. The number of benzene rings is 1. The summed E-state index contributed by atoms with van der Waals surface area (Å²) in [5, 5.41) is 6.13. The van der Waals surface area contributed by atoms with E-state index in [0.29, 0.717) is 10.7 Å². The van der Waals surface area contributed by atoms with E-state index in [1.54, 1.807) is 19.6 Å². The molecule has 0 unspecified atom stereocenters. The van der Waals surface area contributed by atoms with Gasteiger partial charge in [-0.25, -0.2) is 4.98 Å². The summed E-state index contributed by atoms with van der Waals surface area (Å²) in [6.07, 6.45) is -4.60. The van der Waals surface area contributed by atoms with Gasteiger partial charge in [0.15, 0.2) is 6.10 Å². The van der Waals surface area contributed by atoms with E-state index in [4.69, 9.17) is 35.4 Å². The predicted molar refractivity (Wildman–Crippen MR) is 136 cm³/mol. The van der Waals surface area contributed by atoms with Gasteiger partial charge in [-0.3, -0.25) is 4.98 Å². The summed E-state index contributed by atoms with van der Waals surface area (Å²) in [5.41, 5.74) is 1.47. The van der Waals surface area contributed by atoms with Gasteiger partial charge >= 0.3 is 6.18 Å². The summed E-state index contributed by atoms with van der Waals surface area (Å²) in [6.45, 7) is 1.86. The van der Waals surface area contributed by atoms with E-state index >= 15 is 0 Å². The van der Waals surface area contributed by atoms with Crippen molar-refractivity contribution in [1.82, 2.24) is 9.97 Å². The van der Waals surface area contributed by atoms with Gasteiger partial charge in [0.1, 0.15) is 22.9 Å². The van der Waals surface area contributed by atoms with Crippen LogP contribution in [0.4, 0.5) is 13.2 Å². The van der Waals surface area contributed by atoms with Gasteiger partial charge < -0.3 is 23.8 Å². The van der Waals surface area contributed by atoms with Gasteiger partial charge in [-0.2, -0.15) is 13.2 Å². The van der Waals surface area contributed by atoms with Gasteiger partial charge in [0.25, 0.3) is 6.29 Å². The van der Waals surface area contributed by atoms with Crippen molar-refractivity contribution in [3.63, 3.8) is 0 Å². The first-order valence-electron chi connectivity index (χ1n) is 11.4. The van der Waals surface area contributed by atoms with Crippen molar-refractivity contribution in [2.45, 2.75) is 43.8 Å². The van der Waals surface area contributed by atoms with Crippen LogP contribution in [0.5, 0.6) is 0 Å². The molecule has 38 heavy (non-hydrogen) atoms. The van der Waals surface area contributed by atoms with Gasteiger partial charge in [0.05, 0.1) is 28.6 Å². The summed E-state index contributed by atoms with van der Waals surface area (Å²) < 4.78 is 61.1. The minimum Gasteiger partial charge on any atom is -0.376 e. The number of halogens is 4. The van der Waals surface area contributed by atoms with Crippen LogP contribution in [0.3, 0.4) is 0 Å². The average Bonchev–Trinajstić information content (AvgIpc) is 3.38. The highest BCUT2D eigenvalue weighted by molar-refractivity contribution is 7.13. The lowest BCUT2D eigenvalue weighted by Crippen LogP contribution is -2.59. The number of ether oxygens (including phenoxy) is 4. The highest BCUT2D eigenvalue weighted by Crippen LogP contribution is 2.36. The van der Waals surface area contributed by atoms with Gasteiger partial charge in [-0.15, -0.1) is 11.3 Å². The molecule has 0 radical (unpaired) electrons. The molecule has 0 spiro atoms. The zero-order chi connectivity index (χ0) is 27.4. The maximum absolute atomic E-state index is 12.9. The number of oxime groups is 1. The summed E-state index contributed by atoms with van der Waals surface area (Å²) in [5.74, 6) is 0. The quantitative estimate of drug-likeness (QED) is 0.254. The second kappa shape index (κ2) is 12.1. The van der Waals surface area contributed by atoms with Gasteiger partial charge in [-0.05, 0) is 18.6 Å². The van der Waals surface area contributed by atoms with Gasteiger partial charge in [-0.1, -0.05) is 41.0 Å². The maximum atomic E-state index is 12.9. The molecule has 13 heteroatoms. The minimum absolute atomic E-state index is 0.117. The van der Waals surface area contributed by atoms with Crippen LogP contribution in [0, 0.1) is 0 Å². The first-order chi connectivity index (χ1) is 18.2. The number of nitrogens with zero attached hydrogens (tertiary/aromatic N) is 3. The summed E-state index contributed by atoms with van der Waals surface area (Å²) in [4.78, 5) is 13.9. The standard InChI is InChI=1S/C25H25ClF3N3O5S/c1-13-20(33-2)21(34-3)22(35-4)24(36-13)37-31-10-14-5-7-15(8-6-14)18-12-38-23(32-18)19-17(26)9-16(11-30-19)25(27,28)29/h5-13,20-22,24H,1-4H3/b31-10+/t13-,20-,21+,22+,24-/m0/s1. The molecule has 8 nitrogen and oxygen atoms in total. The van der Waals surface area contributed by atoms with Crippen LogP contribution in [-0.2, 0) is 30.0 Å². The Kier molecular flexibility index (Phi) is 9.01. The predicted octanol–water partition coefficient (Wildman–Crippen LogP) is 5.68. The molecule has 1 aliphatic rings. The van der Waals surface area contributed by atoms with Crippen molar-refractivity contribution < 1.29 is 37.0 Å². The number of alkyl halides is 3. The molecular weight excluding hydrogens is 547 g/mol. The number of aromatic nitrogens is 2. The molecule has 204 valence electrons. The van der Waals surface area contributed by atoms with E-state index in [9.17, 15) is 13.2 Å². The summed E-state index contributed by atoms with van der Waals surface area (Å²) in [7, 11) is 4.69. The Hall–Kier alpha value is -2.61. The van der Waals surface area contributed by atoms with E-state index in [0.717, 1.165) is 23.4 Å². The van der Waals surface area contributed by atoms with Crippen LogP contribution in [-0.4, -0.2) is 68.2 Å². The number of hydrogen-bond acceptors (Lipinski definition) is 9. The highest BCUT2D eigenvalue weighted by Gasteiger charge is 2.47. The number of thiazole rings is 1. The van der Waals surface area contributed by atoms with E-state index in [1.165, 1.54) is 24.7 Å². The van der Waals surface area contributed by atoms with E-state index in [2.05, 4.69) is 15.1 Å². The van der Waals surface area contributed by atoms with Gasteiger partial charge in [0, 0.05) is 38.5 Å². The van der Waals surface area contributed by atoms with Crippen molar-refractivity contribution in [2.24, 2.45) is 5.16 Å². The van der Waals surface area contributed by atoms with Crippen LogP contribution >= 0.6 is 22.9 Å². The average molecular weight is 572 g/mol. The number of pyridine rings is 1. The molecule has 0 bridgehead atoms. The normalized spacial score (nSPS) is 24.2. The molecule has 4 rings (SSSR count). The molecule has 0 saturated carbocycles. The number of methoxy groups -OCH3 is 3. The van der Waals surface area contributed by atoms with Crippen molar-refractivity contribution in [3.05, 3.63) is 58.1 Å². The summed E-state index contributed by atoms with van der Waals surface area (Å²) in [6, 6.07) is 8.16. The maximum Gasteiger partial charge on any atom is 0.417 e. The molecule has 1 saturated heterocycles. The molecule has 0 amide bonds. The van der Waals surface area contributed by atoms with Crippen molar-refractivity contribution in [3.8, 4) is 22.0 Å². The first-order valence-corrected chi connectivity index (χ1v) is 12.6. The Bertz CT molecular complexity index is 1260. The molecule has 1 aliphatic heterocycles. The zero-order valence-corrected chi connectivity index (χ0v) is 22.4. The van der Waals surface area contributed by atoms with Crippen molar-refractivity contribution in [2.75, 3.05) is 21.3 Å². The number of hydrogen-bond donors (Lipinski definition) is 0. The Labute approximate surface area is 226 Å². The zero-order valence-electron chi connectivity index (χ0n) is 20.8. The van der Waals surface area contributed by atoms with Crippen LogP contribution in [0.1, 0.15) is 18.1 Å². The SMILES string of the molecule is CO[C@@H]1[C@@H](OC)[C@H](C)O[C@@H](O/N=C/c2ccc(-c3csc(-c4ncc(C(F)(F)F)cc4Cl)n3)cc2)[C@@H]1OC. The minimum atomic E-state index is -4.52. The van der Waals surface area contributed by atoms with E-state index in [-0.39, 0.29) is 22.9 Å². The Morgan fingerprint density at radius 2 is 1.74 bits per heavy atom. The van der Waals surface area contributed by atoms with Gasteiger partial charge in [0.2, 0.25) is 0 Å². The Balaban J connectivity index is 1.42. The molecule has 3 heterocycles. The third kappa shape index (κ3) is 6.16. The molecule has 1 aromatic carbocycles. The summed E-state index contributed by atoms with van der Waals surface area (Å²) >= 11 is 7.29. The Morgan fingerprint density at radius 1 is 1.05 bits per heavy atom. The molecule has 5 atom stereocenters. The third-order valence-electron chi connectivity index (χ3n) is 5.99. The van der Waals surface area contributed by atoms with E-state index < -0.39 is 30.2 Å². The topological polar surface area (TPSA) is 84.3 Å². The fraction of sp³-hybridized carbons (Fsp3) is 0.400. The van der Waals surface area contributed by atoms with Crippen LogP contribution < -0.4 is 0 Å². The smallest absolute Gasteiger partial charge is 0.376 e. The van der Waals surface area contributed by atoms with E-state index in [1.807, 2.05) is 31.2 Å². The van der Waals surface area contributed by atoms with Crippen molar-refractivity contribution >= 4 is 29.2 Å². The molecule has 0 N–H and O–H groups in total. The highest BCUT2D eigenvalue weighted by atomic mass is 35.5. The van der Waals surface area contributed by atoms with Crippen molar-refractivity contribution in [1.29, 1.82) is 0 Å². The monoisotopic (exact) mass is 571 g/mol. The molecule has 3 aromatic rings. The van der Waals surface area contributed by atoms with Crippen LogP contribution in [0.15, 0.2) is 47.1 Å².